The molecule has 61 heavy (non-hydrogen) atoms. The lowest BCUT2D eigenvalue weighted by Gasteiger charge is -2.40. The van der Waals surface area contributed by atoms with E-state index in [4.69, 9.17) is 9.47 Å². The molecule has 0 radical (unpaired) electrons. The van der Waals surface area contributed by atoms with E-state index >= 15 is 0 Å². The maximum absolute atomic E-state index is 12.3. The van der Waals surface area contributed by atoms with Crippen LogP contribution in [0.1, 0.15) is 122 Å². The van der Waals surface area contributed by atoms with E-state index in [0.717, 1.165) is 88.1 Å². The van der Waals surface area contributed by atoms with Gasteiger partial charge in [0.05, 0.1) is 13.2 Å². The Kier molecular flexibility index (Phi) is 11.3. The molecule has 5 aliphatic rings. The molecule has 0 saturated heterocycles. The van der Waals surface area contributed by atoms with Crippen molar-refractivity contribution in [3.05, 3.63) is 135 Å². The van der Waals surface area contributed by atoms with Crippen LogP contribution in [0.25, 0.3) is 39.0 Å². The quantitative estimate of drug-likeness (QED) is 0.138. The molecular formula is C57H62O4. The summed E-state index contributed by atoms with van der Waals surface area (Å²) in [5.74, 6) is 3.34. The van der Waals surface area contributed by atoms with Crippen molar-refractivity contribution in [1.29, 1.82) is 0 Å². The number of hydrogen-bond donors (Lipinski definition) is 2. The van der Waals surface area contributed by atoms with E-state index in [2.05, 4.69) is 62.4 Å². The summed E-state index contributed by atoms with van der Waals surface area (Å²) < 4.78 is 13.1. The van der Waals surface area contributed by atoms with Crippen LogP contribution in [0.5, 0.6) is 23.0 Å². The van der Waals surface area contributed by atoms with Crippen molar-refractivity contribution in [3.63, 3.8) is 0 Å². The Bertz CT molecular complexity index is 2500. The zero-order chi connectivity index (χ0) is 41.5. The Balaban J connectivity index is 0.883. The van der Waals surface area contributed by atoms with Gasteiger partial charge < -0.3 is 19.7 Å². The number of aromatic hydroxyl groups is 2. The van der Waals surface area contributed by atoms with E-state index in [1.165, 1.54) is 110 Å². The van der Waals surface area contributed by atoms with Gasteiger partial charge >= 0.3 is 0 Å². The fraction of sp³-hybridized carbons (Fsp3) is 0.404. The smallest absolute Gasteiger partial charge is 0.131 e. The van der Waals surface area contributed by atoms with E-state index in [-0.39, 0.29) is 0 Å². The van der Waals surface area contributed by atoms with E-state index in [1.54, 1.807) is 5.57 Å². The molecule has 0 spiro atoms. The molecule has 0 heterocycles. The molecule has 4 heteroatoms. The molecule has 0 aromatic heterocycles. The number of phenols is 2. The molecule has 314 valence electrons. The van der Waals surface area contributed by atoms with Gasteiger partial charge in [-0.15, -0.1) is 0 Å². The topological polar surface area (TPSA) is 58.9 Å². The Morgan fingerprint density at radius 1 is 0.525 bits per heavy atom. The van der Waals surface area contributed by atoms with Gasteiger partial charge in [0, 0.05) is 39.8 Å². The van der Waals surface area contributed by atoms with Gasteiger partial charge in [0.15, 0.2) is 0 Å². The summed E-state index contributed by atoms with van der Waals surface area (Å²) in [6, 6.07) is 27.5. The summed E-state index contributed by atoms with van der Waals surface area (Å²) in [7, 11) is 0. The number of hydrogen-bond acceptors (Lipinski definition) is 4. The number of benzene rings is 5. The minimum atomic E-state index is 0.352. The Morgan fingerprint density at radius 2 is 1.05 bits per heavy atom. The molecule has 2 saturated carbocycles. The molecule has 0 bridgehead atoms. The lowest BCUT2D eigenvalue weighted by Crippen LogP contribution is -2.25. The first-order chi connectivity index (χ1) is 29.9. The Labute approximate surface area is 363 Å². The minimum Gasteiger partial charge on any atom is -0.507 e. The van der Waals surface area contributed by atoms with Crippen LogP contribution >= 0.6 is 0 Å². The van der Waals surface area contributed by atoms with Crippen LogP contribution in [0.4, 0.5) is 0 Å². The molecule has 5 aliphatic carbocycles. The summed E-state index contributed by atoms with van der Waals surface area (Å²) in [4.78, 5) is 0. The maximum atomic E-state index is 12.3. The number of aryl methyl sites for hydroxylation is 4. The second-order valence-electron chi connectivity index (χ2n) is 18.7. The van der Waals surface area contributed by atoms with Gasteiger partial charge in [0.25, 0.3) is 0 Å². The van der Waals surface area contributed by atoms with Crippen LogP contribution in [-0.2, 0) is 25.7 Å². The van der Waals surface area contributed by atoms with Crippen LogP contribution in [0.3, 0.4) is 0 Å². The van der Waals surface area contributed by atoms with Crippen molar-refractivity contribution in [2.45, 2.75) is 123 Å². The van der Waals surface area contributed by atoms with Crippen molar-refractivity contribution in [2.24, 2.45) is 11.8 Å². The summed E-state index contributed by atoms with van der Waals surface area (Å²) in [5.41, 5.74) is 19.5. The predicted molar refractivity (Wildman–Crippen MR) is 250 cm³/mol. The average molecular weight is 811 g/mol. The normalized spacial score (nSPS) is 19.6. The molecule has 2 unspecified atom stereocenters. The lowest BCUT2D eigenvalue weighted by molar-refractivity contribution is 0.248. The highest BCUT2D eigenvalue weighted by Gasteiger charge is 2.36. The van der Waals surface area contributed by atoms with Crippen molar-refractivity contribution < 1.29 is 19.7 Å². The Morgan fingerprint density at radius 3 is 1.70 bits per heavy atom. The fourth-order valence-electron chi connectivity index (χ4n) is 11.9. The van der Waals surface area contributed by atoms with Gasteiger partial charge in [0.1, 0.15) is 23.0 Å². The van der Waals surface area contributed by atoms with Gasteiger partial charge in [-0.2, -0.15) is 0 Å². The van der Waals surface area contributed by atoms with Crippen LogP contribution in [0.15, 0.2) is 96.1 Å². The van der Waals surface area contributed by atoms with Crippen LogP contribution in [-0.4, -0.2) is 23.4 Å². The molecule has 0 amide bonds. The number of phenolic OH excluding ortho intramolecular Hbond substituents is 2. The van der Waals surface area contributed by atoms with Gasteiger partial charge in [-0.25, -0.2) is 0 Å². The van der Waals surface area contributed by atoms with Crippen LogP contribution in [0.2, 0.25) is 0 Å². The van der Waals surface area contributed by atoms with Crippen molar-refractivity contribution in [3.8, 4) is 56.4 Å². The van der Waals surface area contributed by atoms with Gasteiger partial charge in [-0.05, 0) is 208 Å². The first-order valence-electron chi connectivity index (χ1n) is 23.7. The number of ether oxygens (including phenoxy) is 2. The standard InChI is InChI=1S/C57H62O4/c1-36-30-48(56(58)50(32-36)54-42-20-7-3-16-38(42)34-39-17-4-8-21-43(39)54)46-24-11-13-26-52(46)60-28-15-29-61-53-27-14-12-25-47(53)49-31-37(2)33-51(57(49)59)55-44-22-9-5-18-40(44)35-41-19-6-10-23-45(41)55/h11-14,24-27,30-35,38,42,58-59H,3-10,15-23,28-29H2,1-2H3. The van der Waals surface area contributed by atoms with E-state index in [9.17, 15) is 10.2 Å². The third-order valence-corrected chi connectivity index (χ3v) is 14.6. The molecule has 0 aliphatic heterocycles. The molecule has 2 N–H and O–H groups in total. The predicted octanol–water partition coefficient (Wildman–Crippen LogP) is 14.4. The average Bonchev–Trinajstić information content (AvgIpc) is 3.29. The highest BCUT2D eigenvalue weighted by molar-refractivity contribution is 5.89. The van der Waals surface area contributed by atoms with Crippen molar-refractivity contribution in [2.75, 3.05) is 13.2 Å². The van der Waals surface area contributed by atoms with Crippen molar-refractivity contribution >= 4 is 5.57 Å². The molecule has 5 aromatic carbocycles. The molecule has 2 fully saturated rings. The van der Waals surface area contributed by atoms with E-state index < -0.39 is 0 Å². The van der Waals surface area contributed by atoms with Gasteiger partial charge in [-0.1, -0.05) is 61.4 Å². The highest BCUT2D eigenvalue weighted by Crippen LogP contribution is 2.54. The third-order valence-electron chi connectivity index (χ3n) is 14.6. The Hall–Kier alpha value is -5.22. The first-order valence-corrected chi connectivity index (χ1v) is 23.7. The lowest BCUT2D eigenvalue weighted by atomic mass is 9.65. The van der Waals surface area contributed by atoms with E-state index in [1.807, 2.05) is 36.4 Å². The number of rotatable bonds is 10. The molecular weight excluding hydrogens is 749 g/mol. The van der Waals surface area contributed by atoms with Gasteiger partial charge in [0.2, 0.25) is 0 Å². The minimum absolute atomic E-state index is 0.352. The number of fused-ring (bicyclic) bond motifs is 4. The summed E-state index contributed by atoms with van der Waals surface area (Å²) in [6.45, 7) is 5.24. The van der Waals surface area contributed by atoms with Crippen LogP contribution < -0.4 is 9.47 Å². The summed E-state index contributed by atoms with van der Waals surface area (Å²) in [5, 5.41) is 24.5. The largest absolute Gasteiger partial charge is 0.507 e. The zero-order valence-corrected chi connectivity index (χ0v) is 36.4. The SMILES string of the molecule is Cc1cc(C2=C3CCCCC3=CC3CCCCC23)c(O)c(-c2ccccc2OCCCOc2ccccc2-c2cc(C)cc(-c3c4c(cc5c3CCCC5)CCCC4)c2O)c1. The van der Waals surface area contributed by atoms with Crippen LogP contribution in [0, 0.1) is 25.7 Å². The summed E-state index contributed by atoms with van der Waals surface area (Å²) >= 11 is 0. The fourth-order valence-corrected chi connectivity index (χ4v) is 11.9. The zero-order valence-electron chi connectivity index (χ0n) is 36.4. The van der Waals surface area contributed by atoms with Gasteiger partial charge in [-0.3, -0.25) is 0 Å². The molecule has 2 atom stereocenters. The monoisotopic (exact) mass is 810 g/mol. The summed E-state index contributed by atoms with van der Waals surface area (Å²) in [6.07, 6.45) is 22.4. The molecule has 10 rings (SSSR count). The number of para-hydroxylation sites is 2. The third kappa shape index (κ3) is 7.70. The maximum Gasteiger partial charge on any atom is 0.131 e. The highest BCUT2D eigenvalue weighted by atomic mass is 16.5. The van der Waals surface area contributed by atoms with Crippen molar-refractivity contribution in [1.82, 2.24) is 0 Å². The first kappa shape index (κ1) is 39.9. The van der Waals surface area contributed by atoms with E-state index in [0.29, 0.717) is 43.0 Å². The molecule has 5 aromatic rings. The molecule has 4 nitrogen and oxygen atoms in total. The second-order valence-corrected chi connectivity index (χ2v) is 18.7. The number of allylic oxidation sites excluding steroid dienone is 4. The second kappa shape index (κ2) is 17.3.